The molecular formula is C12H16N2O2. The van der Waals surface area contributed by atoms with Crippen LogP contribution in [0.1, 0.15) is 33.2 Å². The van der Waals surface area contributed by atoms with Gasteiger partial charge in [-0.1, -0.05) is 6.92 Å². The predicted molar refractivity (Wildman–Crippen MR) is 62.6 cm³/mol. The number of nitrogens with one attached hydrogen (secondary N) is 2. The van der Waals surface area contributed by atoms with Gasteiger partial charge in [0, 0.05) is 25.2 Å². The van der Waals surface area contributed by atoms with Gasteiger partial charge in [0.1, 0.15) is 0 Å². The topological polar surface area (TPSA) is 58.2 Å². The minimum atomic E-state index is -0.180. The Morgan fingerprint density at radius 3 is 1.75 bits per heavy atom. The number of hydrogen-bond acceptors (Lipinski definition) is 2. The lowest BCUT2D eigenvalue weighted by atomic mass is 10.0. The van der Waals surface area contributed by atoms with Crippen molar-refractivity contribution in [3.8, 4) is 0 Å². The lowest BCUT2D eigenvalue weighted by Crippen LogP contribution is -2.21. The number of carbonyl (C=O) groups excluding carboxylic acids is 2. The highest BCUT2D eigenvalue weighted by atomic mass is 16.2. The van der Waals surface area contributed by atoms with Crippen molar-refractivity contribution in [3.63, 3.8) is 0 Å². The molecule has 2 amide bonds. The largest absolute Gasteiger partial charge is 0.355 e. The standard InChI is InChI=1S/C12H16N2O2/c1-4-8-5-9(11(15)13-2)7-10(6-8)12(16)14-3/h5-7H,4H2,1-3H3,(H,13,15)(H,14,16). The molecule has 4 heteroatoms. The molecule has 16 heavy (non-hydrogen) atoms. The van der Waals surface area contributed by atoms with Crippen LogP contribution in [0.5, 0.6) is 0 Å². The summed E-state index contributed by atoms with van der Waals surface area (Å²) in [7, 11) is 3.14. The second-order valence-corrected chi connectivity index (χ2v) is 3.43. The van der Waals surface area contributed by atoms with Crippen LogP contribution in [0.15, 0.2) is 18.2 Å². The highest BCUT2D eigenvalue weighted by Gasteiger charge is 2.10. The summed E-state index contributed by atoms with van der Waals surface area (Å²) >= 11 is 0. The normalized spacial score (nSPS) is 9.69. The van der Waals surface area contributed by atoms with Gasteiger partial charge >= 0.3 is 0 Å². The second kappa shape index (κ2) is 5.30. The fraction of sp³-hybridized carbons (Fsp3) is 0.333. The maximum absolute atomic E-state index is 11.5. The Hall–Kier alpha value is -1.84. The SMILES string of the molecule is CCc1cc(C(=O)NC)cc(C(=O)NC)c1. The first-order chi connectivity index (χ1) is 7.62. The molecule has 0 aliphatic carbocycles. The van der Waals surface area contributed by atoms with Crippen LogP contribution in [0.4, 0.5) is 0 Å². The molecule has 0 radical (unpaired) electrons. The average Bonchev–Trinajstić information content (AvgIpc) is 2.35. The van der Waals surface area contributed by atoms with Gasteiger partial charge in [-0.3, -0.25) is 9.59 Å². The predicted octanol–water partition coefficient (Wildman–Crippen LogP) is 0.968. The molecule has 0 atom stereocenters. The Balaban J connectivity index is 3.20. The van der Waals surface area contributed by atoms with Gasteiger partial charge in [-0.05, 0) is 30.2 Å². The number of benzene rings is 1. The zero-order valence-corrected chi connectivity index (χ0v) is 9.76. The number of amides is 2. The van der Waals surface area contributed by atoms with Crippen LogP contribution in [0, 0.1) is 0 Å². The van der Waals surface area contributed by atoms with E-state index in [1.165, 1.54) is 0 Å². The first-order valence-electron chi connectivity index (χ1n) is 5.20. The van der Waals surface area contributed by atoms with Crippen molar-refractivity contribution in [2.75, 3.05) is 14.1 Å². The van der Waals surface area contributed by atoms with E-state index in [0.29, 0.717) is 11.1 Å². The van der Waals surface area contributed by atoms with E-state index in [0.717, 1.165) is 12.0 Å². The van der Waals surface area contributed by atoms with Crippen LogP contribution in [0.3, 0.4) is 0 Å². The van der Waals surface area contributed by atoms with Crippen LogP contribution >= 0.6 is 0 Å². The van der Waals surface area contributed by atoms with E-state index in [9.17, 15) is 9.59 Å². The molecule has 0 unspecified atom stereocenters. The summed E-state index contributed by atoms with van der Waals surface area (Å²) in [6.45, 7) is 1.98. The fourth-order valence-electron chi connectivity index (χ4n) is 1.45. The van der Waals surface area contributed by atoms with Crippen molar-refractivity contribution in [3.05, 3.63) is 34.9 Å². The zero-order valence-electron chi connectivity index (χ0n) is 9.76. The summed E-state index contributed by atoms with van der Waals surface area (Å²) in [5.74, 6) is -0.360. The molecular weight excluding hydrogens is 204 g/mol. The average molecular weight is 220 g/mol. The van der Waals surface area contributed by atoms with E-state index in [2.05, 4.69) is 10.6 Å². The lowest BCUT2D eigenvalue weighted by molar-refractivity contribution is 0.0962. The van der Waals surface area contributed by atoms with E-state index in [1.54, 1.807) is 32.3 Å². The van der Waals surface area contributed by atoms with Crippen molar-refractivity contribution in [1.29, 1.82) is 0 Å². The molecule has 0 heterocycles. The van der Waals surface area contributed by atoms with E-state index in [1.807, 2.05) is 6.92 Å². The van der Waals surface area contributed by atoms with Crippen molar-refractivity contribution >= 4 is 11.8 Å². The summed E-state index contributed by atoms with van der Waals surface area (Å²) in [5, 5.41) is 5.09. The van der Waals surface area contributed by atoms with Crippen molar-refractivity contribution < 1.29 is 9.59 Å². The molecule has 2 N–H and O–H groups in total. The quantitative estimate of drug-likeness (QED) is 0.797. The van der Waals surface area contributed by atoms with Crippen molar-refractivity contribution in [2.45, 2.75) is 13.3 Å². The Morgan fingerprint density at radius 1 is 1.00 bits per heavy atom. The molecule has 0 spiro atoms. The molecule has 1 rings (SSSR count). The molecule has 0 bridgehead atoms. The molecule has 0 fully saturated rings. The maximum atomic E-state index is 11.5. The minimum absolute atomic E-state index is 0.180. The van der Waals surface area contributed by atoms with E-state index in [4.69, 9.17) is 0 Å². The fourth-order valence-corrected chi connectivity index (χ4v) is 1.45. The summed E-state index contributed by atoms with van der Waals surface area (Å²) < 4.78 is 0. The number of aryl methyl sites for hydroxylation is 1. The summed E-state index contributed by atoms with van der Waals surface area (Å²) in [6.07, 6.45) is 0.787. The third kappa shape index (κ3) is 2.59. The maximum Gasteiger partial charge on any atom is 0.251 e. The summed E-state index contributed by atoms with van der Waals surface area (Å²) in [5.41, 5.74) is 2.00. The van der Waals surface area contributed by atoms with Gasteiger partial charge in [0.05, 0.1) is 0 Å². The Bertz CT molecular complexity index is 379. The first kappa shape index (κ1) is 12.2. The van der Waals surface area contributed by atoms with Crippen LogP contribution < -0.4 is 10.6 Å². The van der Waals surface area contributed by atoms with Gasteiger partial charge in [-0.2, -0.15) is 0 Å². The molecule has 1 aromatic carbocycles. The van der Waals surface area contributed by atoms with Crippen LogP contribution in [-0.2, 0) is 6.42 Å². The molecule has 0 aromatic heterocycles. The minimum Gasteiger partial charge on any atom is -0.355 e. The van der Waals surface area contributed by atoms with Gasteiger partial charge < -0.3 is 10.6 Å². The monoisotopic (exact) mass is 220 g/mol. The van der Waals surface area contributed by atoms with E-state index < -0.39 is 0 Å². The Labute approximate surface area is 95.0 Å². The second-order valence-electron chi connectivity index (χ2n) is 3.43. The highest BCUT2D eigenvalue weighted by molar-refractivity contribution is 5.99. The summed E-state index contributed by atoms with van der Waals surface area (Å²) in [6, 6.07) is 5.19. The van der Waals surface area contributed by atoms with Crippen molar-refractivity contribution in [1.82, 2.24) is 10.6 Å². The Morgan fingerprint density at radius 2 is 1.44 bits per heavy atom. The van der Waals surface area contributed by atoms with E-state index >= 15 is 0 Å². The summed E-state index contributed by atoms with van der Waals surface area (Å²) in [4.78, 5) is 23.0. The molecule has 86 valence electrons. The van der Waals surface area contributed by atoms with Gasteiger partial charge in [-0.15, -0.1) is 0 Å². The zero-order chi connectivity index (χ0) is 12.1. The number of carbonyl (C=O) groups is 2. The third-order valence-electron chi connectivity index (χ3n) is 2.38. The molecule has 0 aliphatic rings. The molecule has 4 nitrogen and oxygen atoms in total. The van der Waals surface area contributed by atoms with Gasteiger partial charge in [0.25, 0.3) is 11.8 Å². The van der Waals surface area contributed by atoms with Gasteiger partial charge in [-0.25, -0.2) is 0 Å². The molecule has 0 saturated heterocycles. The van der Waals surface area contributed by atoms with Gasteiger partial charge in [0.2, 0.25) is 0 Å². The van der Waals surface area contributed by atoms with Crippen LogP contribution in [0.2, 0.25) is 0 Å². The highest BCUT2D eigenvalue weighted by Crippen LogP contribution is 2.11. The Kier molecular flexibility index (Phi) is 4.05. The molecule has 1 aromatic rings. The molecule has 0 saturated carbocycles. The van der Waals surface area contributed by atoms with E-state index in [-0.39, 0.29) is 11.8 Å². The first-order valence-corrected chi connectivity index (χ1v) is 5.20. The number of hydrogen-bond donors (Lipinski definition) is 2. The van der Waals surface area contributed by atoms with Crippen LogP contribution in [-0.4, -0.2) is 25.9 Å². The lowest BCUT2D eigenvalue weighted by Gasteiger charge is -2.07. The van der Waals surface area contributed by atoms with Gasteiger partial charge in [0.15, 0.2) is 0 Å². The third-order valence-corrected chi connectivity index (χ3v) is 2.38. The number of rotatable bonds is 3. The smallest absolute Gasteiger partial charge is 0.251 e. The van der Waals surface area contributed by atoms with Crippen molar-refractivity contribution in [2.24, 2.45) is 0 Å². The van der Waals surface area contributed by atoms with Crippen LogP contribution in [0.25, 0.3) is 0 Å². The molecule has 0 aliphatic heterocycles.